The van der Waals surface area contributed by atoms with Gasteiger partial charge in [-0.2, -0.15) is 0 Å². The SMILES string of the molecule is Clc1ccc(CC(Cn2ccnc2)c2ccccc2)cc1.O=[N+]([O-])O. The minimum Gasteiger partial charge on any atom is -0.337 e. The van der Waals surface area contributed by atoms with Crippen molar-refractivity contribution >= 4 is 11.6 Å². The lowest BCUT2D eigenvalue weighted by atomic mass is 9.92. The fourth-order valence-corrected chi connectivity index (χ4v) is 2.69. The third kappa shape index (κ3) is 6.64. The minimum absolute atomic E-state index is 0.418. The van der Waals surface area contributed by atoms with E-state index in [2.05, 4.69) is 52.0 Å². The average molecular weight is 360 g/mol. The molecule has 1 atom stereocenters. The predicted octanol–water partition coefficient (Wildman–Crippen LogP) is 4.22. The maximum atomic E-state index is 8.36. The van der Waals surface area contributed by atoms with Crippen LogP contribution in [0, 0.1) is 10.1 Å². The number of imidazole rings is 1. The summed E-state index contributed by atoms with van der Waals surface area (Å²) >= 11 is 5.97. The summed E-state index contributed by atoms with van der Waals surface area (Å²) in [6.45, 7) is 0.923. The predicted molar refractivity (Wildman–Crippen MR) is 95.3 cm³/mol. The van der Waals surface area contributed by atoms with E-state index < -0.39 is 5.09 Å². The van der Waals surface area contributed by atoms with Gasteiger partial charge in [-0.15, -0.1) is 10.1 Å². The molecule has 0 amide bonds. The van der Waals surface area contributed by atoms with Gasteiger partial charge in [-0.3, -0.25) is 0 Å². The maximum Gasteiger partial charge on any atom is 0.291 e. The summed E-state index contributed by atoms with van der Waals surface area (Å²) < 4.78 is 2.13. The Kier molecular flexibility index (Phi) is 6.98. The molecule has 1 aromatic heterocycles. The third-order valence-electron chi connectivity index (χ3n) is 3.66. The lowest BCUT2D eigenvalue weighted by Crippen LogP contribution is -2.11. The summed E-state index contributed by atoms with van der Waals surface area (Å²) in [5.41, 5.74) is 2.65. The number of aromatic nitrogens is 2. The van der Waals surface area contributed by atoms with Gasteiger partial charge in [-0.05, 0) is 29.7 Å². The topological polar surface area (TPSA) is 81.2 Å². The van der Waals surface area contributed by atoms with Crippen LogP contribution in [-0.4, -0.2) is 19.8 Å². The largest absolute Gasteiger partial charge is 0.337 e. The van der Waals surface area contributed by atoms with E-state index in [1.165, 1.54) is 11.1 Å². The minimum atomic E-state index is -1.50. The summed E-state index contributed by atoms with van der Waals surface area (Å²) in [4.78, 5) is 12.5. The molecule has 0 fully saturated rings. The molecule has 0 bridgehead atoms. The lowest BCUT2D eigenvalue weighted by molar-refractivity contribution is -0.742. The Morgan fingerprint density at radius 1 is 1.16 bits per heavy atom. The highest BCUT2D eigenvalue weighted by molar-refractivity contribution is 6.30. The molecule has 0 aliphatic heterocycles. The second-order valence-corrected chi connectivity index (χ2v) is 5.87. The summed E-state index contributed by atoms with van der Waals surface area (Å²) in [5.74, 6) is 0.418. The standard InChI is InChI=1S/C18H17ClN2.HNO3/c19-18-8-6-15(7-9-18)12-17(13-21-11-10-20-14-21)16-4-2-1-3-5-16;2-1(3)4/h1-11,14,17H,12-13H2;(H,2,3,4). The quantitative estimate of drug-likeness (QED) is 0.546. The number of halogens is 1. The van der Waals surface area contributed by atoms with Crippen molar-refractivity contribution in [2.45, 2.75) is 18.9 Å². The van der Waals surface area contributed by atoms with Crippen molar-refractivity contribution < 1.29 is 10.3 Å². The zero-order chi connectivity index (χ0) is 18.1. The normalized spacial score (nSPS) is 11.2. The van der Waals surface area contributed by atoms with E-state index in [1.807, 2.05) is 30.9 Å². The molecule has 0 aliphatic carbocycles. The van der Waals surface area contributed by atoms with Crippen LogP contribution in [0.15, 0.2) is 73.3 Å². The van der Waals surface area contributed by atoms with E-state index in [4.69, 9.17) is 26.9 Å². The highest BCUT2D eigenvalue weighted by Crippen LogP contribution is 2.23. The van der Waals surface area contributed by atoms with E-state index in [0.29, 0.717) is 5.92 Å². The first kappa shape index (κ1) is 18.5. The van der Waals surface area contributed by atoms with Crippen LogP contribution in [0.5, 0.6) is 0 Å². The Balaban J connectivity index is 0.000000511. The van der Waals surface area contributed by atoms with Crippen LogP contribution in [-0.2, 0) is 13.0 Å². The zero-order valence-electron chi connectivity index (χ0n) is 13.4. The highest BCUT2D eigenvalue weighted by atomic mass is 35.5. The summed E-state index contributed by atoms with van der Waals surface area (Å²) in [6, 6.07) is 18.7. The Hall–Kier alpha value is -2.86. The van der Waals surface area contributed by atoms with Crippen LogP contribution in [0.1, 0.15) is 17.0 Å². The molecule has 0 spiro atoms. The molecule has 0 saturated carbocycles. The van der Waals surface area contributed by atoms with E-state index in [-0.39, 0.29) is 0 Å². The van der Waals surface area contributed by atoms with Crippen molar-refractivity contribution in [1.29, 1.82) is 0 Å². The molecule has 7 heteroatoms. The number of hydrogen-bond acceptors (Lipinski definition) is 3. The molecule has 1 unspecified atom stereocenters. The Bertz CT molecular complexity index is 758. The molecule has 1 N–H and O–H groups in total. The van der Waals surface area contributed by atoms with Gasteiger partial charge in [-0.1, -0.05) is 54.1 Å². The molecular weight excluding hydrogens is 342 g/mol. The van der Waals surface area contributed by atoms with Crippen LogP contribution < -0.4 is 0 Å². The zero-order valence-corrected chi connectivity index (χ0v) is 14.2. The number of hydrogen-bond donors (Lipinski definition) is 1. The Labute approximate surface area is 150 Å². The van der Waals surface area contributed by atoms with Crippen LogP contribution in [0.25, 0.3) is 0 Å². The first-order chi connectivity index (χ1) is 12.0. The van der Waals surface area contributed by atoms with Gasteiger partial charge in [-0.25, -0.2) is 4.98 Å². The molecule has 25 heavy (non-hydrogen) atoms. The first-order valence-corrected chi connectivity index (χ1v) is 8.01. The second kappa shape index (κ2) is 9.44. The number of nitrogens with zero attached hydrogens (tertiary/aromatic N) is 3. The van der Waals surface area contributed by atoms with E-state index in [9.17, 15) is 0 Å². The van der Waals surface area contributed by atoms with Gasteiger partial charge >= 0.3 is 0 Å². The number of benzene rings is 2. The number of rotatable bonds is 5. The van der Waals surface area contributed by atoms with Gasteiger partial charge in [0, 0.05) is 29.9 Å². The Morgan fingerprint density at radius 3 is 2.36 bits per heavy atom. The van der Waals surface area contributed by atoms with Crippen LogP contribution >= 0.6 is 11.6 Å². The molecule has 2 aromatic carbocycles. The Morgan fingerprint density at radius 2 is 1.80 bits per heavy atom. The second-order valence-electron chi connectivity index (χ2n) is 5.44. The molecule has 0 radical (unpaired) electrons. The monoisotopic (exact) mass is 359 g/mol. The van der Waals surface area contributed by atoms with Crippen molar-refractivity contribution in [3.8, 4) is 0 Å². The smallest absolute Gasteiger partial charge is 0.291 e. The summed E-state index contributed by atoms with van der Waals surface area (Å²) in [5, 5.41) is 14.4. The molecule has 3 aromatic rings. The van der Waals surface area contributed by atoms with Crippen molar-refractivity contribution in [3.63, 3.8) is 0 Å². The first-order valence-electron chi connectivity index (χ1n) is 7.63. The fourth-order valence-electron chi connectivity index (χ4n) is 2.57. The van der Waals surface area contributed by atoms with Gasteiger partial charge in [0.15, 0.2) is 0 Å². The van der Waals surface area contributed by atoms with Crippen LogP contribution in [0.4, 0.5) is 0 Å². The van der Waals surface area contributed by atoms with Crippen molar-refractivity contribution in [2.75, 3.05) is 0 Å². The van der Waals surface area contributed by atoms with Gasteiger partial charge in [0.05, 0.1) is 6.33 Å². The van der Waals surface area contributed by atoms with Crippen molar-refractivity contribution in [2.24, 2.45) is 0 Å². The fraction of sp³-hybridized carbons (Fsp3) is 0.167. The van der Waals surface area contributed by atoms with Crippen molar-refractivity contribution in [1.82, 2.24) is 9.55 Å². The van der Waals surface area contributed by atoms with Gasteiger partial charge in [0.1, 0.15) is 0 Å². The van der Waals surface area contributed by atoms with Gasteiger partial charge in [0.25, 0.3) is 5.09 Å². The molecule has 1 heterocycles. The summed E-state index contributed by atoms with van der Waals surface area (Å²) in [7, 11) is 0. The molecule has 0 aliphatic rings. The van der Waals surface area contributed by atoms with E-state index >= 15 is 0 Å². The van der Waals surface area contributed by atoms with Gasteiger partial charge < -0.3 is 9.77 Å². The van der Waals surface area contributed by atoms with Crippen LogP contribution in [0.3, 0.4) is 0 Å². The van der Waals surface area contributed by atoms with E-state index in [0.717, 1.165) is 18.0 Å². The van der Waals surface area contributed by atoms with E-state index in [1.54, 1.807) is 0 Å². The highest BCUT2D eigenvalue weighted by Gasteiger charge is 2.13. The summed E-state index contributed by atoms with van der Waals surface area (Å²) in [6.07, 6.45) is 6.69. The molecule has 0 saturated heterocycles. The van der Waals surface area contributed by atoms with Gasteiger partial charge in [0.2, 0.25) is 0 Å². The maximum absolute atomic E-state index is 8.36. The molecule has 3 rings (SSSR count). The molecule has 130 valence electrons. The van der Waals surface area contributed by atoms with Crippen LogP contribution in [0.2, 0.25) is 5.02 Å². The lowest BCUT2D eigenvalue weighted by Gasteiger charge is -2.18. The average Bonchev–Trinajstić information content (AvgIpc) is 3.10. The molecular formula is C18H18ClN3O3. The third-order valence-corrected chi connectivity index (χ3v) is 3.91. The van der Waals surface area contributed by atoms with Crippen molar-refractivity contribution in [3.05, 3.63) is 99.6 Å². The molecule has 6 nitrogen and oxygen atoms in total.